The highest BCUT2D eigenvalue weighted by molar-refractivity contribution is 9.10. The predicted molar refractivity (Wildman–Crippen MR) is 83.4 cm³/mol. The molecule has 0 heterocycles. The fraction of sp³-hybridized carbons (Fsp3) is 0.188. The van der Waals surface area contributed by atoms with Gasteiger partial charge < -0.3 is 11.1 Å². The van der Waals surface area contributed by atoms with Crippen LogP contribution in [0, 0.1) is 0 Å². The van der Waals surface area contributed by atoms with Crippen molar-refractivity contribution in [2.45, 2.75) is 18.4 Å². The van der Waals surface area contributed by atoms with Gasteiger partial charge in [0.2, 0.25) is 5.91 Å². The van der Waals surface area contributed by atoms with E-state index in [4.69, 9.17) is 5.73 Å². The summed E-state index contributed by atoms with van der Waals surface area (Å²) in [5, 5.41) is 3.34. The molecular formula is C16H15BrN2O. The molecule has 0 fully saturated rings. The molecular weight excluding hydrogens is 316 g/mol. The molecule has 102 valence electrons. The minimum atomic E-state index is -0.808. The number of fused-ring (bicyclic) bond motifs is 1. The summed E-state index contributed by atoms with van der Waals surface area (Å²) in [6.07, 6.45) is 1.53. The molecule has 0 bridgehead atoms. The van der Waals surface area contributed by atoms with E-state index in [9.17, 15) is 4.79 Å². The van der Waals surface area contributed by atoms with Crippen molar-refractivity contribution in [1.82, 2.24) is 0 Å². The minimum Gasteiger partial charge on any atom is -0.368 e. The first kappa shape index (κ1) is 13.2. The van der Waals surface area contributed by atoms with Gasteiger partial charge in [-0.3, -0.25) is 4.79 Å². The Balaban J connectivity index is 2.06. The number of anilines is 1. The first-order valence-electron chi connectivity index (χ1n) is 6.54. The third-order valence-electron chi connectivity index (χ3n) is 3.85. The molecule has 1 atom stereocenters. The average Bonchev–Trinajstić information content (AvgIpc) is 2.79. The van der Waals surface area contributed by atoms with Crippen LogP contribution in [-0.4, -0.2) is 5.91 Å². The highest BCUT2D eigenvalue weighted by Crippen LogP contribution is 2.40. The van der Waals surface area contributed by atoms with Crippen molar-refractivity contribution in [2.24, 2.45) is 5.73 Å². The number of carbonyl (C=O) groups excluding carboxylic acids is 1. The van der Waals surface area contributed by atoms with E-state index < -0.39 is 5.54 Å². The monoisotopic (exact) mass is 330 g/mol. The van der Waals surface area contributed by atoms with E-state index in [-0.39, 0.29) is 5.91 Å². The molecule has 0 aliphatic heterocycles. The quantitative estimate of drug-likeness (QED) is 0.908. The highest BCUT2D eigenvalue weighted by Gasteiger charge is 2.44. The van der Waals surface area contributed by atoms with Crippen LogP contribution < -0.4 is 11.1 Å². The number of carbonyl (C=O) groups is 1. The summed E-state index contributed by atoms with van der Waals surface area (Å²) in [4.78, 5) is 12.1. The first-order chi connectivity index (χ1) is 9.62. The summed E-state index contributed by atoms with van der Waals surface area (Å²) in [5.41, 5.74) is 7.97. The van der Waals surface area contributed by atoms with Gasteiger partial charge >= 0.3 is 0 Å². The number of rotatable bonds is 3. The molecule has 2 aromatic carbocycles. The van der Waals surface area contributed by atoms with Crippen molar-refractivity contribution >= 4 is 27.5 Å². The van der Waals surface area contributed by atoms with Gasteiger partial charge in [0.1, 0.15) is 5.54 Å². The van der Waals surface area contributed by atoms with E-state index >= 15 is 0 Å². The largest absolute Gasteiger partial charge is 0.368 e. The number of benzene rings is 2. The number of primary amides is 1. The van der Waals surface area contributed by atoms with E-state index in [2.05, 4.69) is 27.3 Å². The van der Waals surface area contributed by atoms with Crippen molar-refractivity contribution in [1.29, 1.82) is 0 Å². The zero-order valence-corrected chi connectivity index (χ0v) is 12.5. The summed E-state index contributed by atoms with van der Waals surface area (Å²) in [6.45, 7) is 0. The Kier molecular flexibility index (Phi) is 3.26. The Bertz CT molecular complexity index is 657. The molecule has 1 unspecified atom stereocenters. The smallest absolute Gasteiger partial charge is 0.247 e. The molecule has 1 amide bonds. The molecule has 3 N–H and O–H groups in total. The Morgan fingerprint density at radius 3 is 2.65 bits per heavy atom. The van der Waals surface area contributed by atoms with E-state index in [0.29, 0.717) is 6.42 Å². The summed E-state index contributed by atoms with van der Waals surface area (Å²) in [7, 11) is 0. The van der Waals surface area contributed by atoms with Gasteiger partial charge in [-0.2, -0.15) is 0 Å². The van der Waals surface area contributed by atoms with Gasteiger partial charge in [-0.15, -0.1) is 0 Å². The van der Waals surface area contributed by atoms with Gasteiger partial charge in [-0.05, 0) is 48.2 Å². The predicted octanol–water partition coefficient (Wildman–Crippen LogP) is 3.19. The van der Waals surface area contributed by atoms with Gasteiger partial charge in [0, 0.05) is 10.2 Å². The minimum absolute atomic E-state index is 0.331. The van der Waals surface area contributed by atoms with E-state index in [1.54, 1.807) is 0 Å². The maximum atomic E-state index is 12.1. The van der Waals surface area contributed by atoms with Crippen LogP contribution in [0.2, 0.25) is 0 Å². The van der Waals surface area contributed by atoms with Crippen molar-refractivity contribution in [2.75, 3.05) is 5.32 Å². The Hall–Kier alpha value is -1.81. The van der Waals surface area contributed by atoms with Crippen LogP contribution in [0.25, 0.3) is 0 Å². The molecule has 0 radical (unpaired) electrons. The van der Waals surface area contributed by atoms with Crippen LogP contribution in [0.1, 0.15) is 17.5 Å². The lowest BCUT2D eigenvalue weighted by Gasteiger charge is -2.29. The van der Waals surface area contributed by atoms with Crippen LogP contribution >= 0.6 is 15.9 Å². The summed E-state index contributed by atoms with van der Waals surface area (Å²) in [5.74, 6) is -0.331. The van der Waals surface area contributed by atoms with E-state index in [1.165, 1.54) is 5.56 Å². The number of nitrogens with two attached hydrogens (primary N) is 1. The second-order valence-corrected chi connectivity index (χ2v) is 5.98. The summed E-state index contributed by atoms with van der Waals surface area (Å²) in [6, 6.07) is 15.7. The fourth-order valence-corrected chi connectivity index (χ4v) is 3.27. The number of nitrogens with one attached hydrogen (secondary N) is 1. The average molecular weight is 331 g/mol. The van der Waals surface area contributed by atoms with Crippen molar-refractivity contribution in [3.8, 4) is 0 Å². The number of hydrogen-bond donors (Lipinski definition) is 2. The fourth-order valence-electron chi connectivity index (χ4n) is 2.86. The number of hydrogen-bond acceptors (Lipinski definition) is 2. The van der Waals surface area contributed by atoms with Crippen LogP contribution in [0.5, 0.6) is 0 Å². The van der Waals surface area contributed by atoms with Crippen LogP contribution in [0.4, 0.5) is 5.69 Å². The zero-order chi connectivity index (χ0) is 14.2. The van der Waals surface area contributed by atoms with Gasteiger partial charge in [0.15, 0.2) is 0 Å². The number of halogens is 1. The number of para-hydroxylation sites is 1. The van der Waals surface area contributed by atoms with Crippen LogP contribution in [0.3, 0.4) is 0 Å². The molecule has 3 rings (SSSR count). The van der Waals surface area contributed by atoms with Crippen LogP contribution in [0.15, 0.2) is 53.0 Å². The molecule has 3 nitrogen and oxygen atoms in total. The molecule has 1 aliphatic rings. The third kappa shape index (κ3) is 2.10. The lowest BCUT2D eigenvalue weighted by Crippen LogP contribution is -2.46. The second-order valence-electron chi connectivity index (χ2n) is 5.06. The summed E-state index contributed by atoms with van der Waals surface area (Å²) < 4.78 is 1.02. The van der Waals surface area contributed by atoms with Gasteiger partial charge in [0.25, 0.3) is 0 Å². The van der Waals surface area contributed by atoms with Gasteiger partial charge in [-0.25, -0.2) is 0 Å². The summed E-state index contributed by atoms with van der Waals surface area (Å²) >= 11 is 3.47. The number of amides is 1. The first-order valence-corrected chi connectivity index (χ1v) is 7.33. The molecule has 2 aromatic rings. The molecule has 1 aliphatic carbocycles. The topological polar surface area (TPSA) is 55.1 Å². The van der Waals surface area contributed by atoms with Crippen molar-refractivity contribution in [3.05, 3.63) is 64.1 Å². The van der Waals surface area contributed by atoms with Crippen LogP contribution in [-0.2, 0) is 16.8 Å². The zero-order valence-electron chi connectivity index (χ0n) is 10.9. The Morgan fingerprint density at radius 2 is 1.95 bits per heavy atom. The normalized spacial score (nSPS) is 20.4. The highest BCUT2D eigenvalue weighted by atomic mass is 79.9. The van der Waals surface area contributed by atoms with Crippen molar-refractivity contribution in [3.63, 3.8) is 0 Å². The van der Waals surface area contributed by atoms with Gasteiger partial charge in [0.05, 0.1) is 0 Å². The lowest BCUT2D eigenvalue weighted by molar-refractivity contribution is -0.122. The second kappa shape index (κ2) is 4.94. The molecule has 0 spiro atoms. The SMILES string of the molecule is NC(=O)C1(Nc2ccccc2)CCc2cc(Br)ccc21. The Labute approximate surface area is 126 Å². The standard InChI is InChI=1S/C16H15BrN2O/c17-12-6-7-14-11(10-12)8-9-16(14,15(18)20)19-13-4-2-1-3-5-13/h1-7,10,19H,8-9H2,(H2,18,20). The molecule has 0 saturated heterocycles. The maximum Gasteiger partial charge on any atom is 0.247 e. The Morgan fingerprint density at radius 1 is 1.20 bits per heavy atom. The van der Waals surface area contributed by atoms with E-state index in [0.717, 1.165) is 22.1 Å². The van der Waals surface area contributed by atoms with Gasteiger partial charge in [-0.1, -0.05) is 40.2 Å². The van der Waals surface area contributed by atoms with Crippen molar-refractivity contribution < 1.29 is 4.79 Å². The maximum absolute atomic E-state index is 12.1. The molecule has 4 heteroatoms. The van der Waals surface area contributed by atoms with E-state index in [1.807, 2.05) is 42.5 Å². The molecule has 0 aromatic heterocycles. The third-order valence-corrected chi connectivity index (χ3v) is 4.34. The molecule has 0 saturated carbocycles. The molecule has 20 heavy (non-hydrogen) atoms. The lowest BCUT2D eigenvalue weighted by atomic mass is 9.90. The number of aryl methyl sites for hydroxylation is 1.